The normalized spacial score (nSPS) is 21.7. The third kappa shape index (κ3) is 2.82. The van der Waals surface area contributed by atoms with E-state index in [4.69, 9.17) is 5.73 Å². The van der Waals surface area contributed by atoms with Gasteiger partial charge in [0.15, 0.2) is 0 Å². The van der Waals surface area contributed by atoms with Gasteiger partial charge in [-0.05, 0) is 36.0 Å². The minimum Gasteiger partial charge on any atom is -0.348 e. The van der Waals surface area contributed by atoms with Crippen molar-refractivity contribution >= 4 is 18.3 Å². The zero-order chi connectivity index (χ0) is 12.4. The molecular formula is C13H18ClFN2O. The first-order valence-corrected chi connectivity index (χ1v) is 5.90. The van der Waals surface area contributed by atoms with E-state index in [1.165, 1.54) is 6.07 Å². The quantitative estimate of drug-likeness (QED) is 0.865. The summed E-state index contributed by atoms with van der Waals surface area (Å²) in [5.74, 6) is -0.0693. The maximum atomic E-state index is 13.7. The van der Waals surface area contributed by atoms with Gasteiger partial charge in [-0.2, -0.15) is 0 Å². The predicted molar refractivity (Wildman–Crippen MR) is 71.1 cm³/mol. The summed E-state index contributed by atoms with van der Waals surface area (Å²) in [6.45, 7) is 2.03. The van der Waals surface area contributed by atoms with Crippen LogP contribution in [0.3, 0.4) is 0 Å². The Kier molecular flexibility index (Phi) is 5.11. The topological polar surface area (TPSA) is 55.1 Å². The molecule has 0 saturated heterocycles. The fourth-order valence-corrected chi connectivity index (χ4v) is 2.43. The molecule has 2 rings (SSSR count). The fraction of sp³-hybridized carbons (Fsp3) is 0.462. The van der Waals surface area contributed by atoms with Gasteiger partial charge in [0.05, 0.1) is 12.6 Å². The molecule has 1 aliphatic rings. The third-order valence-corrected chi connectivity index (χ3v) is 3.41. The van der Waals surface area contributed by atoms with Gasteiger partial charge >= 0.3 is 0 Å². The van der Waals surface area contributed by atoms with Gasteiger partial charge in [0.1, 0.15) is 5.82 Å². The van der Waals surface area contributed by atoms with E-state index in [-0.39, 0.29) is 36.7 Å². The van der Waals surface area contributed by atoms with Crippen molar-refractivity contribution in [2.45, 2.75) is 25.8 Å². The minimum absolute atomic E-state index is 0. The second kappa shape index (κ2) is 6.16. The molecule has 1 amide bonds. The molecule has 1 aromatic rings. The van der Waals surface area contributed by atoms with Crippen molar-refractivity contribution in [1.29, 1.82) is 0 Å². The molecule has 5 heteroatoms. The van der Waals surface area contributed by atoms with Gasteiger partial charge < -0.3 is 11.1 Å². The van der Waals surface area contributed by atoms with E-state index in [0.717, 1.165) is 24.0 Å². The van der Waals surface area contributed by atoms with E-state index in [9.17, 15) is 9.18 Å². The second-order valence-electron chi connectivity index (χ2n) is 4.57. The SMILES string of the molecule is CC1CCc2c(F)cccc2C1NC(=O)CN.Cl. The lowest BCUT2D eigenvalue weighted by Gasteiger charge is -2.32. The monoisotopic (exact) mass is 272 g/mol. The summed E-state index contributed by atoms with van der Waals surface area (Å²) in [4.78, 5) is 11.4. The van der Waals surface area contributed by atoms with E-state index >= 15 is 0 Å². The predicted octanol–water partition coefficient (Wildman–Crippen LogP) is 1.95. The highest BCUT2D eigenvalue weighted by molar-refractivity contribution is 5.85. The molecule has 0 heterocycles. The first-order chi connectivity index (χ1) is 8.13. The van der Waals surface area contributed by atoms with Crippen LogP contribution in [0.1, 0.15) is 30.5 Å². The first kappa shape index (κ1) is 14.9. The number of fused-ring (bicyclic) bond motifs is 1. The van der Waals surface area contributed by atoms with Crippen LogP contribution in [0.2, 0.25) is 0 Å². The van der Waals surface area contributed by atoms with Gasteiger partial charge in [-0.1, -0.05) is 19.1 Å². The van der Waals surface area contributed by atoms with E-state index in [2.05, 4.69) is 12.2 Å². The molecule has 3 nitrogen and oxygen atoms in total. The Morgan fingerprint density at radius 3 is 2.94 bits per heavy atom. The van der Waals surface area contributed by atoms with Crippen molar-refractivity contribution in [1.82, 2.24) is 5.32 Å². The Balaban J connectivity index is 0.00000162. The molecule has 18 heavy (non-hydrogen) atoms. The summed E-state index contributed by atoms with van der Waals surface area (Å²) in [5.41, 5.74) is 6.92. The molecule has 3 N–H and O–H groups in total. The van der Waals surface area contributed by atoms with Crippen molar-refractivity contribution in [3.63, 3.8) is 0 Å². The first-order valence-electron chi connectivity index (χ1n) is 5.90. The number of hydrogen-bond acceptors (Lipinski definition) is 2. The van der Waals surface area contributed by atoms with E-state index in [1.54, 1.807) is 6.07 Å². The standard InChI is InChI=1S/C13H17FN2O.ClH/c1-8-5-6-9-10(3-2-4-11(9)14)13(8)16-12(17)7-15;/h2-4,8,13H,5-7,15H2,1H3,(H,16,17);1H. The molecule has 0 aliphatic heterocycles. The Bertz CT molecular complexity index is 439. The number of amides is 1. The number of halogens is 2. The van der Waals surface area contributed by atoms with Crippen molar-refractivity contribution in [3.05, 3.63) is 35.1 Å². The molecule has 0 radical (unpaired) electrons. The summed E-state index contributed by atoms with van der Waals surface area (Å²) >= 11 is 0. The Morgan fingerprint density at radius 2 is 2.28 bits per heavy atom. The smallest absolute Gasteiger partial charge is 0.234 e. The molecule has 0 fully saturated rings. The lowest BCUT2D eigenvalue weighted by Crippen LogP contribution is -2.38. The average molecular weight is 273 g/mol. The highest BCUT2D eigenvalue weighted by atomic mass is 35.5. The second-order valence-corrected chi connectivity index (χ2v) is 4.57. The van der Waals surface area contributed by atoms with E-state index in [1.807, 2.05) is 6.07 Å². The maximum absolute atomic E-state index is 13.7. The van der Waals surface area contributed by atoms with Crippen molar-refractivity contribution in [3.8, 4) is 0 Å². The number of benzene rings is 1. The average Bonchev–Trinajstić information content (AvgIpc) is 2.33. The van der Waals surface area contributed by atoms with Crippen LogP contribution < -0.4 is 11.1 Å². The summed E-state index contributed by atoms with van der Waals surface area (Å²) in [6, 6.07) is 4.92. The largest absolute Gasteiger partial charge is 0.348 e. The van der Waals surface area contributed by atoms with Crippen LogP contribution in [-0.4, -0.2) is 12.5 Å². The van der Waals surface area contributed by atoms with Crippen LogP contribution in [0, 0.1) is 11.7 Å². The number of carbonyl (C=O) groups is 1. The van der Waals surface area contributed by atoms with Crippen molar-refractivity contribution < 1.29 is 9.18 Å². The van der Waals surface area contributed by atoms with Crippen LogP contribution in [0.25, 0.3) is 0 Å². The molecule has 1 aromatic carbocycles. The van der Waals surface area contributed by atoms with Crippen LogP contribution in [0.4, 0.5) is 4.39 Å². The van der Waals surface area contributed by atoms with Crippen LogP contribution in [0.5, 0.6) is 0 Å². The van der Waals surface area contributed by atoms with Gasteiger partial charge in [0.2, 0.25) is 5.91 Å². The summed E-state index contributed by atoms with van der Waals surface area (Å²) in [7, 11) is 0. The molecule has 0 aromatic heterocycles. The number of nitrogens with two attached hydrogens (primary N) is 1. The molecule has 0 bridgehead atoms. The highest BCUT2D eigenvalue weighted by Crippen LogP contribution is 2.35. The lowest BCUT2D eigenvalue weighted by atomic mass is 9.80. The third-order valence-electron chi connectivity index (χ3n) is 3.41. The summed E-state index contributed by atoms with van der Waals surface area (Å²) in [5, 5.41) is 2.87. The Hall–Kier alpha value is -1.13. The molecule has 100 valence electrons. The van der Waals surface area contributed by atoms with Gasteiger partial charge in [0, 0.05) is 0 Å². The van der Waals surface area contributed by atoms with Gasteiger partial charge in [-0.25, -0.2) is 4.39 Å². The molecule has 0 spiro atoms. The number of hydrogen-bond donors (Lipinski definition) is 2. The number of nitrogens with one attached hydrogen (secondary N) is 1. The van der Waals surface area contributed by atoms with Crippen molar-refractivity contribution in [2.24, 2.45) is 11.7 Å². The zero-order valence-corrected chi connectivity index (χ0v) is 11.1. The highest BCUT2D eigenvalue weighted by Gasteiger charge is 2.28. The van der Waals surface area contributed by atoms with E-state index in [0.29, 0.717) is 5.92 Å². The Morgan fingerprint density at radius 1 is 1.56 bits per heavy atom. The summed E-state index contributed by atoms with van der Waals surface area (Å²) in [6.07, 6.45) is 1.61. The van der Waals surface area contributed by atoms with Crippen LogP contribution in [-0.2, 0) is 11.2 Å². The molecule has 2 atom stereocenters. The van der Waals surface area contributed by atoms with Crippen LogP contribution in [0.15, 0.2) is 18.2 Å². The fourth-order valence-electron chi connectivity index (χ4n) is 2.43. The lowest BCUT2D eigenvalue weighted by molar-refractivity contribution is -0.120. The molecule has 1 aliphatic carbocycles. The molecule has 0 saturated carbocycles. The van der Waals surface area contributed by atoms with Crippen LogP contribution >= 0.6 is 12.4 Å². The van der Waals surface area contributed by atoms with E-state index < -0.39 is 0 Å². The van der Waals surface area contributed by atoms with Gasteiger partial charge in [-0.15, -0.1) is 12.4 Å². The number of rotatable bonds is 2. The summed E-state index contributed by atoms with van der Waals surface area (Å²) < 4.78 is 13.7. The van der Waals surface area contributed by atoms with Crippen molar-refractivity contribution in [2.75, 3.05) is 6.54 Å². The maximum Gasteiger partial charge on any atom is 0.234 e. The molecular weight excluding hydrogens is 255 g/mol. The Labute approximate surface area is 112 Å². The van der Waals surface area contributed by atoms with Gasteiger partial charge in [0.25, 0.3) is 0 Å². The van der Waals surface area contributed by atoms with Gasteiger partial charge in [-0.3, -0.25) is 4.79 Å². The zero-order valence-electron chi connectivity index (χ0n) is 10.3. The minimum atomic E-state index is -0.195. The number of carbonyl (C=O) groups excluding carboxylic acids is 1. The molecule has 2 unspecified atom stereocenters.